The number of rotatable bonds is 2. The maximum atomic E-state index is 9.55. The summed E-state index contributed by atoms with van der Waals surface area (Å²) < 4.78 is 30.2. The third-order valence-corrected chi connectivity index (χ3v) is 1.86. The van der Waals surface area contributed by atoms with Crippen LogP contribution in [0.25, 0.3) is 0 Å². The second-order valence-electron chi connectivity index (χ2n) is 1.47. The quantitative estimate of drug-likeness (QED) is 0.335. The Labute approximate surface area is 219 Å². The zero-order valence-electron chi connectivity index (χ0n) is 10.9. The fourth-order valence-corrected chi connectivity index (χ4v) is 1.17. The van der Waals surface area contributed by atoms with Crippen molar-refractivity contribution in [3.05, 3.63) is 0 Å². The van der Waals surface area contributed by atoms with Crippen LogP contribution in [0.1, 0.15) is 0 Å². The first-order valence-electron chi connectivity index (χ1n) is 2.23. The SMILES string of the molecule is O=P([O-])([O-])OP(=O)(O)O.O=P([O-])([O-])[O-].[Na+].[Na+].[Na+].[Na+].[Na+]. The zero-order valence-corrected chi connectivity index (χ0v) is 23.6. The minimum Gasteiger partial charge on any atom is -0.822 e. The molecule has 0 aliphatic heterocycles. The van der Waals surface area contributed by atoms with Gasteiger partial charge in [-0.15, -0.1) is 0 Å². The first-order valence-corrected chi connectivity index (χ1v) is 6.68. The molecule has 0 aliphatic rings. The van der Waals surface area contributed by atoms with Crippen LogP contribution in [0.2, 0.25) is 0 Å². The van der Waals surface area contributed by atoms with Crippen LogP contribution in [0.4, 0.5) is 0 Å². The van der Waals surface area contributed by atoms with E-state index in [0.717, 1.165) is 0 Å². The molecule has 0 fully saturated rings. The molecule has 0 aliphatic carbocycles. The Morgan fingerprint density at radius 1 is 0.684 bits per heavy atom. The van der Waals surface area contributed by atoms with E-state index in [-0.39, 0.29) is 148 Å². The van der Waals surface area contributed by atoms with Crippen LogP contribution < -0.4 is 172 Å². The fraction of sp³-hybridized carbons (Fsp3) is 0. The molecular formula is H2Na5O11P3. The summed E-state index contributed by atoms with van der Waals surface area (Å²) in [5.41, 5.74) is 0. The van der Waals surface area contributed by atoms with E-state index in [2.05, 4.69) is 4.31 Å². The zero-order chi connectivity index (χ0) is 12.2. The van der Waals surface area contributed by atoms with Crippen LogP contribution in [-0.4, -0.2) is 9.79 Å². The molecule has 0 atom stereocenters. The van der Waals surface area contributed by atoms with Crippen LogP contribution in [-0.2, 0) is 18.0 Å². The molecule has 0 radical (unpaired) electrons. The largest absolute Gasteiger partial charge is 1.00 e. The van der Waals surface area contributed by atoms with Crippen molar-refractivity contribution in [3.63, 3.8) is 0 Å². The maximum Gasteiger partial charge on any atom is 1.00 e. The van der Waals surface area contributed by atoms with Gasteiger partial charge in [0.15, 0.2) is 0 Å². The Hall–Kier alpha value is 5.37. The average molecular weight is 386 g/mol. The Balaban J connectivity index is -0.0000000261. The van der Waals surface area contributed by atoms with E-state index in [0.29, 0.717) is 0 Å². The van der Waals surface area contributed by atoms with Crippen LogP contribution in [0.15, 0.2) is 0 Å². The van der Waals surface area contributed by atoms with Gasteiger partial charge in [0.1, 0.15) is 0 Å². The van der Waals surface area contributed by atoms with Gasteiger partial charge in [-0.25, -0.2) is 4.57 Å². The monoisotopic (exact) mass is 386 g/mol. The van der Waals surface area contributed by atoms with E-state index >= 15 is 0 Å². The normalized spacial score (nSPS) is 9.63. The fourth-order valence-electron chi connectivity index (χ4n) is 0.130. The molecule has 0 bridgehead atoms. The predicted molar refractivity (Wildman–Crippen MR) is 28.3 cm³/mol. The third kappa shape index (κ3) is 82.6. The Bertz CT molecular complexity index is 269. The van der Waals surface area contributed by atoms with E-state index in [1.807, 2.05) is 0 Å². The van der Waals surface area contributed by atoms with Crippen molar-refractivity contribution in [2.24, 2.45) is 0 Å². The van der Waals surface area contributed by atoms with Gasteiger partial charge in [0.2, 0.25) is 0 Å². The Morgan fingerprint density at radius 3 is 0.842 bits per heavy atom. The van der Waals surface area contributed by atoms with E-state index in [4.69, 9.17) is 29.0 Å². The van der Waals surface area contributed by atoms with Gasteiger partial charge in [0.25, 0.3) is 0 Å². The predicted octanol–water partition coefficient (Wildman–Crippen LogP) is -19.9. The third-order valence-electron chi connectivity index (χ3n) is 0.206. The maximum absolute atomic E-state index is 9.55. The van der Waals surface area contributed by atoms with Crippen molar-refractivity contribution < 1.29 is 200 Å². The van der Waals surface area contributed by atoms with E-state index in [1.165, 1.54) is 0 Å². The Morgan fingerprint density at radius 2 is 0.842 bits per heavy atom. The molecule has 11 nitrogen and oxygen atoms in total. The average Bonchev–Trinajstić information content (AvgIpc) is 1.42. The molecule has 0 saturated carbocycles. The summed E-state index contributed by atoms with van der Waals surface area (Å²) in [5.74, 6) is 0. The Kier molecular flexibility index (Phi) is 45.7. The molecule has 0 saturated heterocycles. The summed E-state index contributed by atoms with van der Waals surface area (Å²) in [7, 11) is -16.1. The standard InChI is InChI=1S/5Na.H4O7P2.H3O4P/c;;;;;1-8(2,3)7-9(4,5)6;1-5(2,3)4/h;;;;;(H2,1,2,3)(H2,4,5,6);(H3,1,2,3,4)/q5*+1;;/p-5. The van der Waals surface area contributed by atoms with Gasteiger partial charge in [0, 0.05) is 0 Å². The van der Waals surface area contributed by atoms with E-state index in [1.54, 1.807) is 0 Å². The molecule has 0 unspecified atom stereocenters. The molecule has 0 spiro atoms. The van der Waals surface area contributed by atoms with Gasteiger partial charge < -0.3 is 43.4 Å². The number of phosphoric acid groups is 3. The van der Waals surface area contributed by atoms with Gasteiger partial charge >= 0.3 is 156 Å². The topological polar surface area (TPSA) is 216 Å². The molecule has 0 heterocycles. The summed E-state index contributed by atoms with van der Waals surface area (Å²) in [6, 6.07) is 0. The molecule has 0 amide bonds. The van der Waals surface area contributed by atoms with Crippen LogP contribution in [0.5, 0.6) is 0 Å². The second kappa shape index (κ2) is 19.7. The molecule has 88 valence electrons. The number of hydrogen-bond acceptors (Lipinski definition) is 9. The van der Waals surface area contributed by atoms with Crippen molar-refractivity contribution in [2.75, 3.05) is 0 Å². The summed E-state index contributed by atoms with van der Waals surface area (Å²) in [5, 5.41) is 0. The smallest absolute Gasteiger partial charge is 0.822 e. The number of hydrogen-bond donors (Lipinski definition) is 2. The molecule has 0 rings (SSSR count). The molecule has 0 aromatic carbocycles. The summed E-state index contributed by atoms with van der Waals surface area (Å²) in [6.45, 7) is 0. The molecule has 19 heteroatoms. The summed E-state index contributed by atoms with van der Waals surface area (Å²) >= 11 is 0. The molecular weight excluding hydrogens is 384 g/mol. The van der Waals surface area contributed by atoms with Crippen LogP contribution in [0.3, 0.4) is 0 Å². The second-order valence-corrected chi connectivity index (χ2v) is 4.89. The van der Waals surface area contributed by atoms with Crippen molar-refractivity contribution in [3.8, 4) is 0 Å². The van der Waals surface area contributed by atoms with Gasteiger partial charge in [-0.05, 0) is 0 Å². The van der Waals surface area contributed by atoms with Crippen molar-refractivity contribution in [2.45, 2.75) is 0 Å². The molecule has 2 N–H and O–H groups in total. The first-order chi connectivity index (χ1) is 5.71. The van der Waals surface area contributed by atoms with Crippen molar-refractivity contribution >= 4 is 23.5 Å². The minimum absolute atomic E-state index is 0. The van der Waals surface area contributed by atoms with Crippen LogP contribution >= 0.6 is 23.5 Å². The van der Waals surface area contributed by atoms with Gasteiger partial charge in [0.05, 0.1) is 7.82 Å². The summed E-state index contributed by atoms with van der Waals surface area (Å²) in [4.78, 5) is 59.8. The van der Waals surface area contributed by atoms with Crippen LogP contribution in [0, 0.1) is 0 Å². The van der Waals surface area contributed by atoms with Crippen molar-refractivity contribution in [1.29, 1.82) is 0 Å². The first kappa shape index (κ1) is 44.1. The van der Waals surface area contributed by atoms with Gasteiger partial charge in [-0.3, -0.25) is 4.31 Å². The minimum atomic E-state index is -5.55. The van der Waals surface area contributed by atoms with E-state index < -0.39 is 23.5 Å². The van der Waals surface area contributed by atoms with Crippen molar-refractivity contribution in [1.82, 2.24) is 0 Å². The molecule has 0 aromatic heterocycles. The molecule has 0 aromatic rings. The van der Waals surface area contributed by atoms with Gasteiger partial charge in [-0.1, -0.05) is 0 Å². The van der Waals surface area contributed by atoms with E-state index in [9.17, 15) is 18.9 Å². The van der Waals surface area contributed by atoms with Gasteiger partial charge in [-0.2, -0.15) is 7.82 Å². The molecule has 19 heavy (non-hydrogen) atoms. The summed E-state index contributed by atoms with van der Waals surface area (Å²) in [6.07, 6.45) is 0.